The third-order valence-corrected chi connectivity index (χ3v) is 6.45. The van der Waals surface area contributed by atoms with E-state index in [0.717, 1.165) is 41.8 Å². The van der Waals surface area contributed by atoms with Crippen LogP contribution in [0, 0.1) is 6.92 Å². The van der Waals surface area contributed by atoms with Crippen LogP contribution in [0.2, 0.25) is 0 Å². The Balaban J connectivity index is 1.50. The summed E-state index contributed by atoms with van der Waals surface area (Å²) in [5.74, 6) is 0.983. The molecular formula is C27H24N4. The van der Waals surface area contributed by atoms with Crippen LogP contribution < -0.4 is 0 Å². The Bertz CT molecular complexity index is 1420. The monoisotopic (exact) mass is 404 g/mol. The van der Waals surface area contributed by atoms with Gasteiger partial charge in [0.1, 0.15) is 5.82 Å². The van der Waals surface area contributed by atoms with Crippen LogP contribution in [0.15, 0.2) is 73.2 Å². The SMILES string of the molecule is Cc1ccc2c(c1)c1c(n2-c2ccc(-c3cncc4ccccc34)cn2)CCN(C)C1. The Hall–Kier alpha value is -3.50. The molecule has 0 amide bonds. The van der Waals surface area contributed by atoms with Crippen LogP contribution in [0.25, 0.3) is 38.6 Å². The van der Waals surface area contributed by atoms with Crippen molar-refractivity contribution in [2.24, 2.45) is 0 Å². The van der Waals surface area contributed by atoms with E-state index in [0.29, 0.717) is 0 Å². The first-order valence-electron chi connectivity index (χ1n) is 10.8. The maximum absolute atomic E-state index is 4.93. The number of hydrogen-bond donors (Lipinski definition) is 0. The molecular weight excluding hydrogens is 380 g/mol. The molecule has 0 saturated carbocycles. The summed E-state index contributed by atoms with van der Waals surface area (Å²) in [5.41, 5.74) is 7.59. The molecule has 4 nitrogen and oxygen atoms in total. The summed E-state index contributed by atoms with van der Waals surface area (Å²) in [6, 6.07) is 19.5. The standard InChI is InChI=1S/C27H24N4/c1-18-7-9-25-22(13-18)24-17-30(2)12-11-26(24)31(25)27-10-8-20(15-29-27)23-16-28-14-19-5-3-4-6-21(19)23/h3-10,13-16H,11-12,17H2,1-2H3. The fourth-order valence-corrected chi connectivity index (χ4v) is 4.89. The summed E-state index contributed by atoms with van der Waals surface area (Å²) < 4.78 is 2.36. The van der Waals surface area contributed by atoms with Gasteiger partial charge in [0, 0.05) is 65.7 Å². The number of fused-ring (bicyclic) bond motifs is 4. The highest BCUT2D eigenvalue weighted by Crippen LogP contribution is 2.34. The molecule has 0 N–H and O–H groups in total. The van der Waals surface area contributed by atoms with Crippen LogP contribution in [0.1, 0.15) is 16.8 Å². The van der Waals surface area contributed by atoms with Crippen molar-refractivity contribution in [3.05, 3.63) is 90.0 Å². The van der Waals surface area contributed by atoms with Crippen molar-refractivity contribution in [2.45, 2.75) is 19.9 Å². The van der Waals surface area contributed by atoms with Crippen molar-refractivity contribution in [2.75, 3.05) is 13.6 Å². The van der Waals surface area contributed by atoms with Gasteiger partial charge in [0.25, 0.3) is 0 Å². The first-order chi connectivity index (χ1) is 15.2. The minimum atomic E-state index is 0.983. The first-order valence-corrected chi connectivity index (χ1v) is 10.8. The molecule has 5 aromatic rings. The third-order valence-electron chi connectivity index (χ3n) is 6.45. The van der Waals surface area contributed by atoms with Crippen molar-refractivity contribution in [3.63, 3.8) is 0 Å². The summed E-state index contributed by atoms with van der Waals surface area (Å²) in [5, 5.41) is 3.70. The van der Waals surface area contributed by atoms with Crippen molar-refractivity contribution < 1.29 is 0 Å². The molecule has 1 aliphatic heterocycles. The lowest BCUT2D eigenvalue weighted by molar-refractivity contribution is 0.311. The molecule has 0 unspecified atom stereocenters. The van der Waals surface area contributed by atoms with Crippen molar-refractivity contribution in [3.8, 4) is 16.9 Å². The molecule has 0 saturated heterocycles. The molecule has 0 aliphatic carbocycles. The number of pyridine rings is 2. The highest BCUT2D eigenvalue weighted by atomic mass is 15.1. The smallest absolute Gasteiger partial charge is 0.137 e. The van der Waals surface area contributed by atoms with E-state index in [4.69, 9.17) is 4.98 Å². The number of benzene rings is 2. The van der Waals surface area contributed by atoms with Gasteiger partial charge in [0.15, 0.2) is 0 Å². The first kappa shape index (κ1) is 18.3. The number of likely N-dealkylation sites (N-methyl/N-ethyl adjacent to an activating group) is 1. The van der Waals surface area contributed by atoms with Gasteiger partial charge in [-0.15, -0.1) is 0 Å². The molecule has 4 heterocycles. The number of rotatable bonds is 2. The quantitative estimate of drug-likeness (QED) is 0.388. The summed E-state index contributed by atoms with van der Waals surface area (Å²) in [6.45, 7) is 4.23. The second-order valence-electron chi connectivity index (χ2n) is 8.58. The van der Waals surface area contributed by atoms with Crippen LogP contribution in [0.5, 0.6) is 0 Å². The summed E-state index contributed by atoms with van der Waals surface area (Å²) in [6.07, 6.45) is 6.87. The summed E-state index contributed by atoms with van der Waals surface area (Å²) in [7, 11) is 2.20. The van der Waals surface area contributed by atoms with Gasteiger partial charge in [-0.25, -0.2) is 4.98 Å². The zero-order valence-electron chi connectivity index (χ0n) is 17.8. The second-order valence-corrected chi connectivity index (χ2v) is 8.58. The molecule has 0 bridgehead atoms. The van der Waals surface area contributed by atoms with Gasteiger partial charge in [-0.3, -0.25) is 9.55 Å². The molecule has 152 valence electrons. The molecule has 0 spiro atoms. The molecule has 4 heteroatoms. The number of nitrogens with zero attached hydrogens (tertiary/aromatic N) is 4. The topological polar surface area (TPSA) is 34.0 Å². The van der Waals surface area contributed by atoms with E-state index in [2.05, 4.69) is 83.0 Å². The van der Waals surface area contributed by atoms with E-state index in [1.165, 1.54) is 33.1 Å². The fourth-order valence-electron chi connectivity index (χ4n) is 4.89. The molecule has 3 aromatic heterocycles. The van der Waals surface area contributed by atoms with E-state index in [-0.39, 0.29) is 0 Å². The highest BCUT2D eigenvalue weighted by Gasteiger charge is 2.23. The van der Waals surface area contributed by atoms with E-state index >= 15 is 0 Å². The summed E-state index contributed by atoms with van der Waals surface area (Å²) in [4.78, 5) is 11.8. The molecule has 0 fully saturated rings. The molecule has 0 atom stereocenters. The average molecular weight is 405 g/mol. The van der Waals surface area contributed by atoms with Crippen LogP contribution in [0.3, 0.4) is 0 Å². The van der Waals surface area contributed by atoms with Gasteiger partial charge in [0.2, 0.25) is 0 Å². The lowest BCUT2D eigenvalue weighted by Gasteiger charge is -2.24. The zero-order valence-corrected chi connectivity index (χ0v) is 17.8. The molecule has 6 rings (SSSR count). The Morgan fingerprint density at radius 1 is 0.903 bits per heavy atom. The van der Waals surface area contributed by atoms with Crippen LogP contribution in [-0.2, 0) is 13.0 Å². The Morgan fingerprint density at radius 3 is 2.68 bits per heavy atom. The van der Waals surface area contributed by atoms with Gasteiger partial charge in [-0.2, -0.15) is 0 Å². The molecule has 2 aromatic carbocycles. The van der Waals surface area contributed by atoms with Crippen molar-refractivity contribution >= 4 is 21.7 Å². The van der Waals surface area contributed by atoms with Crippen LogP contribution in [0.4, 0.5) is 0 Å². The number of aromatic nitrogens is 3. The van der Waals surface area contributed by atoms with E-state index < -0.39 is 0 Å². The second kappa shape index (κ2) is 7.03. The average Bonchev–Trinajstić information content (AvgIpc) is 3.11. The van der Waals surface area contributed by atoms with Crippen LogP contribution >= 0.6 is 0 Å². The maximum atomic E-state index is 4.93. The van der Waals surface area contributed by atoms with Gasteiger partial charge in [-0.05, 0) is 49.2 Å². The number of hydrogen-bond acceptors (Lipinski definition) is 3. The van der Waals surface area contributed by atoms with Gasteiger partial charge < -0.3 is 4.90 Å². The lowest BCUT2D eigenvalue weighted by Crippen LogP contribution is -2.27. The van der Waals surface area contributed by atoms with E-state index in [9.17, 15) is 0 Å². The molecule has 31 heavy (non-hydrogen) atoms. The fraction of sp³-hybridized carbons (Fsp3) is 0.185. The van der Waals surface area contributed by atoms with E-state index in [1.807, 2.05) is 18.6 Å². The largest absolute Gasteiger partial charge is 0.302 e. The predicted octanol–water partition coefficient (Wildman–Crippen LogP) is 5.54. The Labute approximate surface area is 181 Å². The summed E-state index contributed by atoms with van der Waals surface area (Å²) >= 11 is 0. The van der Waals surface area contributed by atoms with E-state index in [1.54, 1.807) is 0 Å². The molecule has 0 radical (unpaired) electrons. The van der Waals surface area contributed by atoms with Gasteiger partial charge in [0.05, 0.1) is 5.52 Å². The maximum Gasteiger partial charge on any atom is 0.137 e. The highest BCUT2D eigenvalue weighted by molar-refractivity contribution is 5.95. The normalized spacial score (nSPS) is 14.3. The van der Waals surface area contributed by atoms with Crippen LogP contribution in [-0.4, -0.2) is 33.0 Å². The Morgan fingerprint density at radius 2 is 1.81 bits per heavy atom. The minimum absolute atomic E-state index is 0.983. The molecule has 1 aliphatic rings. The number of aryl methyl sites for hydroxylation is 1. The van der Waals surface area contributed by atoms with Crippen molar-refractivity contribution in [1.29, 1.82) is 0 Å². The lowest BCUT2D eigenvalue weighted by atomic mass is 10.0. The third kappa shape index (κ3) is 2.94. The minimum Gasteiger partial charge on any atom is -0.302 e. The van der Waals surface area contributed by atoms with Crippen molar-refractivity contribution in [1.82, 2.24) is 19.4 Å². The zero-order chi connectivity index (χ0) is 20.9. The van der Waals surface area contributed by atoms with Gasteiger partial charge in [-0.1, -0.05) is 35.9 Å². The Kier molecular flexibility index (Phi) is 4.15. The van der Waals surface area contributed by atoms with Gasteiger partial charge >= 0.3 is 0 Å². The predicted molar refractivity (Wildman–Crippen MR) is 127 cm³/mol.